The first kappa shape index (κ1) is 15.6. The molecule has 0 amide bonds. The Morgan fingerprint density at radius 3 is 2.15 bits per heavy atom. The van der Waals surface area contributed by atoms with Gasteiger partial charge in [0, 0.05) is 20.2 Å². The molecule has 0 atom stereocenters. The van der Waals surface area contributed by atoms with Crippen LogP contribution in [-0.4, -0.2) is 0 Å². The minimum absolute atomic E-state index is 1.14. The van der Waals surface area contributed by atoms with E-state index in [1.807, 2.05) is 11.3 Å². The van der Waals surface area contributed by atoms with Crippen molar-refractivity contribution in [2.75, 3.05) is 0 Å². The van der Waals surface area contributed by atoms with Crippen LogP contribution in [0.2, 0.25) is 0 Å². The Hall–Kier alpha value is -2.64. The van der Waals surface area contributed by atoms with Crippen LogP contribution in [0.4, 0.5) is 0 Å². The maximum atomic E-state index is 2.36. The fraction of sp³-hybridized carbons (Fsp3) is 0.120. The van der Waals surface area contributed by atoms with Gasteiger partial charge in [0.25, 0.3) is 0 Å². The minimum Gasteiger partial charge on any atom is -0.134 e. The average Bonchev–Trinajstić information content (AvgIpc) is 3.07. The zero-order chi connectivity index (χ0) is 17.5. The van der Waals surface area contributed by atoms with Crippen molar-refractivity contribution in [1.82, 2.24) is 0 Å². The Bertz CT molecular complexity index is 1170. The summed E-state index contributed by atoms with van der Waals surface area (Å²) >= 11 is 1.94. The molecule has 1 heterocycles. The van der Waals surface area contributed by atoms with Crippen molar-refractivity contribution in [3.63, 3.8) is 0 Å². The quantitative estimate of drug-likeness (QED) is 0.344. The van der Waals surface area contributed by atoms with E-state index in [1.54, 1.807) is 0 Å². The molecule has 0 saturated carbocycles. The van der Waals surface area contributed by atoms with E-state index < -0.39 is 0 Å². The Kier molecular flexibility index (Phi) is 3.76. The van der Waals surface area contributed by atoms with Crippen LogP contribution in [0.25, 0.3) is 36.9 Å². The van der Waals surface area contributed by atoms with Gasteiger partial charge < -0.3 is 0 Å². The van der Waals surface area contributed by atoms with Crippen LogP contribution < -0.4 is 0 Å². The van der Waals surface area contributed by atoms with Crippen LogP contribution in [0.15, 0.2) is 84.5 Å². The molecule has 1 aliphatic rings. The predicted octanol–water partition coefficient (Wildman–Crippen LogP) is 7.85. The predicted molar refractivity (Wildman–Crippen MR) is 116 cm³/mol. The molecule has 1 aliphatic carbocycles. The van der Waals surface area contributed by atoms with E-state index >= 15 is 0 Å². The number of benzene rings is 3. The second-order valence-corrected chi connectivity index (χ2v) is 8.01. The summed E-state index contributed by atoms with van der Waals surface area (Å²) in [4.78, 5) is 0. The van der Waals surface area contributed by atoms with E-state index in [2.05, 4.69) is 85.8 Å². The normalized spacial score (nSPS) is 14.5. The average molecular weight is 353 g/mol. The van der Waals surface area contributed by atoms with E-state index in [-0.39, 0.29) is 0 Å². The fourth-order valence-electron chi connectivity index (χ4n) is 3.99. The smallest absolute Gasteiger partial charge is 0.0434 e. The fourth-order valence-corrected chi connectivity index (χ4v) is 5.38. The number of fused-ring (bicyclic) bond motifs is 3. The summed E-state index contributed by atoms with van der Waals surface area (Å²) in [5.41, 5.74) is 6.90. The highest BCUT2D eigenvalue weighted by molar-refractivity contribution is 7.26. The molecule has 0 fully saturated rings. The lowest BCUT2D eigenvalue weighted by molar-refractivity contribution is 1.04. The molecule has 0 radical (unpaired) electrons. The van der Waals surface area contributed by atoms with Gasteiger partial charge in [0.1, 0.15) is 0 Å². The van der Waals surface area contributed by atoms with Crippen LogP contribution in [0.3, 0.4) is 0 Å². The second kappa shape index (κ2) is 6.26. The third-order valence-electron chi connectivity index (χ3n) is 5.24. The summed E-state index contributed by atoms with van der Waals surface area (Å²) in [6.45, 7) is 2.21. The first-order valence-corrected chi connectivity index (χ1v) is 10.0. The molecule has 1 heteroatoms. The largest absolute Gasteiger partial charge is 0.134 e. The van der Waals surface area contributed by atoms with Crippen LogP contribution in [0.1, 0.15) is 25.3 Å². The lowest BCUT2D eigenvalue weighted by Crippen LogP contribution is -1.90. The van der Waals surface area contributed by atoms with Gasteiger partial charge in [0.2, 0.25) is 0 Å². The lowest BCUT2D eigenvalue weighted by atomic mass is 9.93. The molecule has 26 heavy (non-hydrogen) atoms. The molecule has 0 unspecified atom stereocenters. The Balaban J connectivity index is 1.80. The summed E-state index contributed by atoms with van der Waals surface area (Å²) < 4.78 is 2.82. The standard InChI is InChI=1S/C25H20S/c1-17-8-5-11-19(16-17)21-13-7-15-23-22-14-6-12-20(24(22)26-25(21)23)18-9-3-2-4-10-18/h2-4,6-10,12-16H,5,11H2,1H3. The molecule has 0 aliphatic heterocycles. The van der Waals surface area contributed by atoms with Gasteiger partial charge in [-0.3, -0.25) is 0 Å². The lowest BCUT2D eigenvalue weighted by Gasteiger charge is -2.12. The molecule has 5 rings (SSSR count). The summed E-state index contributed by atoms with van der Waals surface area (Å²) in [5, 5.41) is 2.75. The number of hydrogen-bond acceptors (Lipinski definition) is 1. The monoisotopic (exact) mass is 352 g/mol. The molecular formula is C25H20S. The van der Waals surface area contributed by atoms with Crippen molar-refractivity contribution in [3.8, 4) is 11.1 Å². The van der Waals surface area contributed by atoms with Crippen molar-refractivity contribution < 1.29 is 0 Å². The number of rotatable bonds is 2. The molecule has 0 N–H and O–H groups in total. The van der Waals surface area contributed by atoms with Gasteiger partial charge in [-0.25, -0.2) is 0 Å². The Labute approximate surface area is 158 Å². The molecule has 0 nitrogen and oxygen atoms in total. The number of thiophene rings is 1. The molecule has 4 aromatic rings. The molecule has 0 saturated heterocycles. The highest BCUT2D eigenvalue weighted by atomic mass is 32.1. The van der Waals surface area contributed by atoms with E-state index in [0.717, 1.165) is 12.8 Å². The van der Waals surface area contributed by atoms with Crippen molar-refractivity contribution in [2.24, 2.45) is 0 Å². The SMILES string of the molecule is CC1=CCCC(c2cccc3c2sc2c(-c4ccccc4)cccc23)=C1. The van der Waals surface area contributed by atoms with Gasteiger partial charge in [-0.15, -0.1) is 11.3 Å². The molecular weight excluding hydrogens is 332 g/mol. The third-order valence-corrected chi connectivity index (χ3v) is 6.52. The van der Waals surface area contributed by atoms with Gasteiger partial charge in [0.15, 0.2) is 0 Å². The Morgan fingerprint density at radius 1 is 0.731 bits per heavy atom. The van der Waals surface area contributed by atoms with Crippen LogP contribution in [0, 0.1) is 0 Å². The molecule has 0 spiro atoms. The summed E-state index contributed by atoms with van der Waals surface area (Å²) in [6, 6.07) is 24.2. The van der Waals surface area contributed by atoms with Crippen LogP contribution in [-0.2, 0) is 0 Å². The first-order chi connectivity index (χ1) is 12.8. The number of allylic oxidation sites excluding steroid dienone is 4. The zero-order valence-corrected chi connectivity index (χ0v) is 15.6. The summed E-state index contributed by atoms with van der Waals surface area (Å²) in [6.07, 6.45) is 6.98. The van der Waals surface area contributed by atoms with E-state index in [0.29, 0.717) is 0 Å². The maximum absolute atomic E-state index is 2.36. The van der Waals surface area contributed by atoms with E-state index in [1.165, 1.54) is 48.0 Å². The van der Waals surface area contributed by atoms with Gasteiger partial charge in [-0.2, -0.15) is 0 Å². The topological polar surface area (TPSA) is 0 Å². The minimum atomic E-state index is 1.14. The van der Waals surface area contributed by atoms with Crippen molar-refractivity contribution >= 4 is 37.1 Å². The highest BCUT2D eigenvalue weighted by Gasteiger charge is 2.15. The van der Waals surface area contributed by atoms with Gasteiger partial charge in [-0.1, -0.05) is 84.5 Å². The van der Waals surface area contributed by atoms with Gasteiger partial charge in [-0.05, 0) is 42.0 Å². The zero-order valence-electron chi connectivity index (χ0n) is 14.8. The van der Waals surface area contributed by atoms with Crippen LogP contribution in [0.5, 0.6) is 0 Å². The third kappa shape index (κ3) is 2.51. The Morgan fingerprint density at radius 2 is 1.42 bits per heavy atom. The molecule has 126 valence electrons. The number of hydrogen-bond donors (Lipinski definition) is 0. The van der Waals surface area contributed by atoms with E-state index in [9.17, 15) is 0 Å². The molecule has 1 aromatic heterocycles. The first-order valence-electron chi connectivity index (χ1n) is 9.18. The van der Waals surface area contributed by atoms with Crippen molar-refractivity contribution in [2.45, 2.75) is 19.8 Å². The summed E-state index contributed by atoms with van der Waals surface area (Å²) in [5.74, 6) is 0. The molecule has 0 bridgehead atoms. The van der Waals surface area contributed by atoms with Crippen molar-refractivity contribution in [1.29, 1.82) is 0 Å². The maximum Gasteiger partial charge on any atom is 0.0434 e. The van der Waals surface area contributed by atoms with Crippen LogP contribution >= 0.6 is 11.3 Å². The molecule has 3 aromatic carbocycles. The van der Waals surface area contributed by atoms with Gasteiger partial charge >= 0.3 is 0 Å². The van der Waals surface area contributed by atoms with E-state index in [4.69, 9.17) is 0 Å². The van der Waals surface area contributed by atoms with Gasteiger partial charge in [0.05, 0.1) is 0 Å². The highest BCUT2D eigenvalue weighted by Crippen LogP contribution is 2.43. The summed E-state index contributed by atoms with van der Waals surface area (Å²) in [7, 11) is 0. The van der Waals surface area contributed by atoms with Crippen molar-refractivity contribution in [3.05, 3.63) is 90.0 Å². The second-order valence-electron chi connectivity index (χ2n) is 6.99.